The molecule has 11 heteroatoms. The third kappa shape index (κ3) is 3.98. The van der Waals surface area contributed by atoms with Crippen LogP contribution in [-0.2, 0) is 17.0 Å². The largest absolute Gasteiger partial charge is 0.421 e. The van der Waals surface area contributed by atoms with E-state index in [0.717, 1.165) is 11.9 Å². The molecule has 0 fully saturated rings. The Balaban J connectivity index is 1.87. The highest BCUT2D eigenvalue weighted by Crippen LogP contribution is 2.34. The predicted molar refractivity (Wildman–Crippen MR) is 100 cm³/mol. The average molecular weight is 410 g/mol. The van der Waals surface area contributed by atoms with Crippen LogP contribution in [0.2, 0.25) is 0 Å². The number of hydrogen-bond acceptors (Lipinski definition) is 6. The summed E-state index contributed by atoms with van der Waals surface area (Å²) in [6.07, 6.45) is -0.697. The molecule has 0 aliphatic heterocycles. The van der Waals surface area contributed by atoms with E-state index in [4.69, 9.17) is 0 Å². The van der Waals surface area contributed by atoms with E-state index >= 15 is 0 Å². The van der Waals surface area contributed by atoms with Crippen molar-refractivity contribution in [1.82, 2.24) is 19.7 Å². The lowest BCUT2D eigenvalue weighted by Gasteiger charge is -2.12. The summed E-state index contributed by atoms with van der Waals surface area (Å²) < 4.78 is 52.0. The van der Waals surface area contributed by atoms with E-state index < -0.39 is 22.5 Å². The first-order valence-electron chi connectivity index (χ1n) is 8.08. The Labute approximate surface area is 161 Å². The lowest BCUT2D eigenvalue weighted by Crippen LogP contribution is -2.12. The predicted octanol–water partition coefficient (Wildman–Crippen LogP) is 3.51. The molecule has 2 heterocycles. The van der Waals surface area contributed by atoms with E-state index in [2.05, 4.69) is 25.7 Å². The van der Waals surface area contributed by atoms with E-state index in [-0.39, 0.29) is 11.8 Å². The summed E-state index contributed by atoms with van der Waals surface area (Å²) in [5.41, 5.74) is 1.07. The molecule has 0 spiro atoms. The molecular formula is C17H17F3N6OS. The molecule has 0 amide bonds. The molecule has 2 aromatic heterocycles. The van der Waals surface area contributed by atoms with Crippen molar-refractivity contribution in [1.29, 1.82) is 0 Å². The Hall–Kier alpha value is -2.95. The Bertz CT molecular complexity index is 1020. The van der Waals surface area contributed by atoms with Crippen molar-refractivity contribution in [3.8, 4) is 5.69 Å². The third-order valence-corrected chi connectivity index (χ3v) is 4.94. The zero-order valence-corrected chi connectivity index (χ0v) is 16.0. The first kappa shape index (κ1) is 19.8. The number of rotatable bonds is 5. The molecule has 3 rings (SSSR count). The van der Waals surface area contributed by atoms with E-state index in [0.29, 0.717) is 16.3 Å². The summed E-state index contributed by atoms with van der Waals surface area (Å²) >= 11 is 0. The second-order valence-electron chi connectivity index (χ2n) is 5.83. The number of anilines is 3. The summed E-state index contributed by atoms with van der Waals surface area (Å²) in [5, 5.41) is 9.60. The van der Waals surface area contributed by atoms with Crippen LogP contribution in [0.15, 0.2) is 41.6 Å². The average Bonchev–Trinajstić information content (AvgIpc) is 3.01. The Morgan fingerprint density at radius 1 is 1.14 bits per heavy atom. The quantitative estimate of drug-likeness (QED) is 0.670. The molecule has 1 aromatic carbocycles. The van der Waals surface area contributed by atoms with Gasteiger partial charge in [-0.05, 0) is 31.2 Å². The van der Waals surface area contributed by atoms with Crippen LogP contribution in [0.1, 0.15) is 11.3 Å². The highest BCUT2D eigenvalue weighted by molar-refractivity contribution is 7.84. The Morgan fingerprint density at radius 3 is 2.39 bits per heavy atom. The van der Waals surface area contributed by atoms with Crippen LogP contribution in [0.25, 0.3) is 5.69 Å². The Kier molecular flexibility index (Phi) is 5.36. The summed E-state index contributed by atoms with van der Waals surface area (Å²) in [6, 6.07) is 7.07. The van der Waals surface area contributed by atoms with Crippen LogP contribution < -0.4 is 10.6 Å². The topological polar surface area (TPSA) is 84.7 Å². The van der Waals surface area contributed by atoms with Gasteiger partial charge in [-0.15, -0.1) is 0 Å². The summed E-state index contributed by atoms with van der Waals surface area (Å²) in [5.74, 6) is -0.310. The van der Waals surface area contributed by atoms with Gasteiger partial charge in [0.15, 0.2) is 0 Å². The smallest absolute Gasteiger partial charge is 0.372 e. The molecule has 0 aliphatic rings. The molecule has 0 aliphatic carbocycles. The van der Waals surface area contributed by atoms with Crippen molar-refractivity contribution in [3.05, 3.63) is 47.9 Å². The molecule has 3 aromatic rings. The number of alkyl halides is 3. The molecule has 28 heavy (non-hydrogen) atoms. The minimum absolute atomic E-state index is 0.0109. The first-order valence-corrected chi connectivity index (χ1v) is 9.64. The second-order valence-corrected chi connectivity index (χ2v) is 7.21. The maximum absolute atomic E-state index is 13.0. The third-order valence-electron chi connectivity index (χ3n) is 4.00. The van der Waals surface area contributed by atoms with Gasteiger partial charge in [0.05, 0.1) is 23.3 Å². The van der Waals surface area contributed by atoms with Crippen LogP contribution in [0.5, 0.6) is 0 Å². The van der Waals surface area contributed by atoms with Crippen molar-refractivity contribution in [2.75, 3.05) is 23.9 Å². The molecular weight excluding hydrogens is 393 g/mol. The zero-order valence-electron chi connectivity index (χ0n) is 15.2. The number of nitrogens with zero attached hydrogens (tertiary/aromatic N) is 4. The lowest BCUT2D eigenvalue weighted by atomic mass is 10.3. The number of hydrogen-bond donors (Lipinski definition) is 2. The Morgan fingerprint density at radius 2 is 1.82 bits per heavy atom. The van der Waals surface area contributed by atoms with Gasteiger partial charge in [0.25, 0.3) is 0 Å². The van der Waals surface area contributed by atoms with Crippen molar-refractivity contribution in [2.24, 2.45) is 0 Å². The molecule has 148 valence electrons. The van der Waals surface area contributed by atoms with Gasteiger partial charge in [-0.25, -0.2) is 9.67 Å². The van der Waals surface area contributed by atoms with E-state index in [1.54, 1.807) is 42.1 Å². The van der Waals surface area contributed by atoms with E-state index in [1.165, 1.54) is 13.2 Å². The fraction of sp³-hybridized carbons (Fsp3) is 0.235. The SMILES string of the molecule is CNc1nc(Nc2cnn(-c3ccc(S(C)=O)cc3)c2C)ncc1C(F)(F)F. The number of benzene rings is 1. The maximum Gasteiger partial charge on any atom is 0.421 e. The van der Waals surface area contributed by atoms with Crippen LogP contribution in [0, 0.1) is 6.92 Å². The van der Waals surface area contributed by atoms with Crippen LogP contribution in [0.3, 0.4) is 0 Å². The number of aromatic nitrogens is 4. The summed E-state index contributed by atoms with van der Waals surface area (Å²) in [7, 11) is 0.282. The molecule has 1 unspecified atom stereocenters. The molecule has 0 saturated carbocycles. The van der Waals surface area contributed by atoms with Gasteiger partial charge in [0.1, 0.15) is 11.4 Å². The molecule has 0 bridgehead atoms. The van der Waals surface area contributed by atoms with Gasteiger partial charge in [-0.1, -0.05) is 0 Å². The van der Waals surface area contributed by atoms with Gasteiger partial charge < -0.3 is 10.6 Å². The van der Waals surface area contributed by atoms with E-state index in [9.17, 15) is 17.4 Å². The van der Waals surface area contributed by atoms with Crippen LogP contribution >= 0.6 is 0 Å². The minimum atomic E-state index is -4.55. The standard InChI is InChI=1S/C17H17F3N6OS/c1-10-14(9-23-26(10)11-4-6-12(7-5-11)28(3)27)24-16-22-8-13(17(18,19)20)15(21-2)25-16/h4-9H,1-3H3,(H2,21,22,24,25). The van der Waals surface area contributed by atoms with Crippen molar-refractivity contribution < 1.29 is 17.4 Å². The zero-order chi connectivity index (χ0) is 20.5. The van der Waals surface area contributed by atoms with Crippen molar-refractivity contribution in [3.63, 3.8) is 0 Å². The molecule has 0 radical (unpaired) electrons. The molecule has 0 saturated heterocycles. The second kappa shape index (κ2) is 7.58. The monoisotopic (exact) mass is 410 g/mol. The normalized spacial score (nSPS) is 12.6. The fourth-order valence-electron chi connectivity index (χ4n) is 2.53. The molecule has 1 atom stereocenters. The summed E-state index contributed by atoms with van der Waals surface area (Å²) in [4.78, 5) is 8.33. The van der Waals surface area contributed by atoms with Gasteiger partial charge >= 0.3 is 6.18 Å². The number of halogens is 3. The summed E-state index contributed by atoms with van der Waals surface area (Å²) in [6.45, 7) is 1.80. The first-order chi connectivity index (χ1) is 13.2. The molecule has 7 nitrogen and oxygen atoms in total. The highest BCUT2D eigenvalue weighted by Gasteiger charge is 2.35. The number of nitrogens with one attached hydrogen (secondary N) is 2. The highest BCUT2D eigenvalue weighted by atomic mass is 32.2. The van der Waals surface area contributed by atoms with Crippen LogP contribution in [0.4, 0.5) is 30.6 Å². The van der Waals surface area contributed by atoms with Crippen molar-refractivity contribution >= 4 is 28.3 Å². The van der Waals surface area contributed by atoms with Gasteiger partial charge in [-0.2, -0.15) is 23.3 Å². The van der Waals surface area contributed by atoms with Gasteiger partial charge in [0.2, 0.25) is 5.95 Å². The van der Waals surface area contributed by atoms with Crippen LogP contribution in [-0.4, -0.2) is 37.3 Å². The minimum Gasteiger partial charge on any atom is -0.372 e. The fourth-order valence-corrected chi connectivity index (χ4v) is 3.05. The van der Waals surface area contributed by atoms with Crippen molar-refractivity contribution in [2.45, 2.75) is 18.0 Å². The van der Waals surface area contributed by atoms with E-state index in [1.807, 2.05) is 0 Å². The van der Waals surface area contributed by atoms with Gasteiger partial charge in [0, 0.05) is 35.2 Å². The maximum atomic E-state index is 13.0. The lowest BCUT2D eigenvalue weighted by molar-refractivity contribution is -0.137. The van der Waals surface area contributed by atoms with Gasteiger partial charge in [-0.3, -0.25) is 4.21 Å². The molecule has 2 N–H and O–H groups in total.